The first kappa shape index (κ1) is 25.4. The SMILES string of the molecule is CCOc1cc(/C=C2/SC(=Nc3cccc(Cl)c3Cl)NC2=O)cc(Cl)c1OCc1cccc(F)c1. The van der Waals surface area contributed by atoms with Crippen molar-refractivity contribution >= 4 is 69.4 Å². The number of nitrogens with zero attached hydrogens (tertiary/aromatic N) is 1. The van der Waals surface area contributed by atoms with Crippen molar-refractivity contribution in [1.82, 2.24) is 5.32 Å². The van der Waals surface area contributed by atoms with Gasteiger partial charge in [-0.1, -0.05) is 53.0 Å². The highest BCUT2D eigenvalue weighted by Crippen LogP contribution is 2.39. The molecule has 0 radical (unpaired) electrons. The van der Waals surface area contributed by atoms with Gasteiger partial charge in [-0.2, -0.15) is 0 Å². The minimum atomic E-state index is -0.350. The normalized spacial score (nSPS) is 15.5. The number of hydrogen-bond acceptors (Lipinski definition) is 5. The standard InChI is InChI=1S/C25H18Cl3FN2O3S/c1-2-33-20-11-15(10-18(27)23(20)34-13-14-5-3-6-16(29)9-14)12-21-24(32)31-25(35-21)30-19-8-4-7-17(26)22(19)28/h3-12H,2,13H2,1H3,(H,30,31,32)/b21-12+. The molecule has 180 valence electrons. The molecular weight excluding hydrogens is 534 g/mol. The van der Waals surface area contributed by atoms with Crippen LogP contribution in [0.15, 0.2) is 64.5 Å². The van der Waals surface area contributed by atoms with Gasteiger partial charge >= 0.3 is 0 Å². The second kappa shape index (κ2) is 11.4. The molecule has 3 aromatic rings. The van der Waals surface area contributed by atoms with E-state index in [0.717, 1.165) is 11.8 Å². The highest BCUT2D eigenvalue weighted by atomic mass is 35.5. The molecule has 3 aromatic carbocycles. The Morgan fingerprint density at radius 2 is 1.86 bits per heavy atom. The van der Waals surface area contributed by atoms with Gasteiger partial charge in [-0.25, -0.2) is 9.38 Å². The summed E-state index contributed by atoms with van der Waals surface area (Å²) in [6, 6.07) is 14.6. The third-order valence-corrected chi connectivity index (χ3v) is 6.71. The predicted molar refractivity (Wildman–Crippen MR) is 141 cm³/mol. The minimum absolute atomic E-state index is 0.113. The van der Waals surface area contributed by atoms with E-state index in [2.05, 4.69) is 10.3 Å². The van der Waals surface area contributed by atoms with Crippen LogP contribution in [0.3, 0.4) is 0 Å². The Morgan fingerprint density at radius 1 is 1.06 bits per heavy atom. The molecule has 1 aliphatic heterocycles. The summed E-state index contributed by atoms with van der Waals surface area (Å²) >= 11 is 19.9. The van der Waals surface area contributed by atoms with Crippen LogP contribution >= 0.6 is 46.6 Å². The summed E-state index contributed by atoms with van der Waals surface area (Å²) in [5.41, 5.74) is 1.74. The number of rotatable bonds is 7. The molecular formula is C25H18Cl3FN2O3S. The zero-order valence-corrected chi connectivity index (χ0v) is 21.4. The van der Waals surface area contributed by atoms with Gasteiger partial charge in [0.2, 0.25) is 0 Å². The molecule has 0 saturated carbocycles. The summed E-state index contributed by atoms with van der Waals surface area (Å²) in [6.07, 6.45) is 1.67. The molecule has 1 N–H and O–H groups in total. The quantitative estimate of drug-likeness (QED) is 0.306. The number of halogens is 4. The van der Waals surface area contributed by atoms with Crippen LogP contribution in [0.4, 0.5) is 10.1 Å². The number of amides is 1. The first-order chi connectivity index (χ1) is 16.8. The van der Waals surface area contributed by atoms with Crippen molar-refractivity contribution in [3.8, 4) is 11.5 Å². The van der Waals surface area contributed by atoms with Crippen molar-refractivity contribution in [3.63, 3.8) is 0 Å². The molecule has 10 heteroatoms. The molecule has 1 heterocycles. The Kier molecular flexibility index (Phi) is 8.23. The number of ether oxygens (including phenoxy) is 2. The van der Waals surface area contributed by atoms with Gasteiger partial charge in [-0.15, -0.1) is 0 Å². The molecule has 0 atom stereocenters. The van der Waals surface area contributed by atoms with Crippen LogP contribution in [-0.2, 0) is 11.4 Å². The highest BCUT2D eigenvalue weighted by molar-refractivity contribution is 8.18. The van der Waals surface area contributed by atoms with Gasteiger partial charge in [0.1, 0.15) is 12.4 Å². The second-order valence-electron chi connectivity index (χ2n) is 7.24. The van der Waals surface area contributed by atoms with Crippen molar-refractivity contribution in [3.05, 3.63) is 91.5 Å². The molecule has 1 saturated heterocycles. The summed E-state index contributed by atoms with van der Waals surface area (Å²) in [7, 11) is 0. The number of amidine groups is 1. The largest absolute Gasteiger partial charge is 0.490 e. The van der Waals surface area contributed by atoms with Crippen molar-refractivity contribution in [2.75, 3.05) is 6.61 Å². The third-order valence-electron chi connectivity index (χ3n) is 4.71. The lowest BCUT2D eigenvalue weighted by Crippen LogP contribution is -2.19. The fourth-order valence-electron chi connectivity index (χ4n) is 3.18. The molecule has 0 bridgehead atoms. The number of nitrogens with one attached hydrogen (secondary N) is 1. The lowest BCUT2D eigenvalue weighted by molar-refractivity contribution is -0.115. The van der Waals surface area contributed by atoms with Crippen LogP contribution in [0.2, 0.25) is 15.1 Å². The number of aliphatic imine (C=N–C) groups is 1. The lowest BCUT2D eigenvalue weighted by Gasteiger charge is -2.15. The highest BCUT2D eigenvalue weighted by Gasteiger charge is 2.25. The van der Waals surface area contributed by atoms with Crippen LogP contribution in [0.5, 0.6) is 11.5 Å². The van der Waals surface area contributed by atoms with E-state index in [1.165, 1.54) is 12.1 Å². The average Bonchev–Trinajstić information content (AvgIpc) is 3.15. The molecule has 0 aliphatic carbocycles. The third kappa shape index (κ3) is 6.30. The fraction of sp³-hybridized carbons (Fsp3) is 0.120. The summed E-state index contributed by atoms with van der Waals surface area (Å²) in [5.74, 6) is 0.0806. The molecule has 4 rings (SSSR count). The van der Waals surface area contributed by atoms with Gasteiger partial charge in [0, 0.05) is 0 Å². The van der Waals surface area contributed by atoms with Crippen molar-refractivity contribution in [1.29, 1.82) is 0 Å². The molecule has 5 nitrogen and oxygen atoms in total. The summed E-state index contributed by atoms with van der Waals surface area (Å²) in [6.45, 7) is 2.32. The first-order valence-electron chi connectivity index (χ1n) is 10.4. The smallest absolute Gasteiger partial charge is 0.264 e. The molecule has 0 spiro atoms. The Morgan fingerprint density at radius 3 is 2.63 bits per heavy atom. The molecule has 0 aromatic heterocycles. The van der Waals surface area contributed by atoms with E-state index in [1.54, 1.807) is 48.5 Å². The molecule has 1 fully saturated rings. The summed E-state index contributed by atoms with van der Waals surface area (Å²) < 4.78 is 25.0. The zero-order chi connectivity index (χ0) is 24.9. The van der Waals surface area contributed by atoms with E-state index in [9.17, 15) is 9.18 Å². The van der Waals surface area contributed by atoms with E-state index >= 15 is 0 Å². The maximum absolute atomic E-state index is 13.5. The van der Waals surface area contributed by atoms with Crippen LogP contribution in [0.25, 0.3) is 6.08 Å². The number of thioether (sulfide) groups is 1. The minimum Gasteiger partial charge on any atom is -0.490 e. The van der Waals surface area contributed by atoms with Crippen LogP contribution in [0, 0.1) is 5.82 Å². The average molecular weight is 552 g/mol. The topological polar surface area (TPSA) is 59.9 Å². The summed E-state index contributed by atoms with van der Waals surface area (Å²) in [4.78, 5) is 17.3. The van der Waals surface area contributed by atoms with Gasteiger partial charge in [0.25, 0.3) is 5.91 Å². The maximum Gasteiger partial charge on any atom is 0.264 e. The van der Waals surface area contributed by atoms with Crippen LogP contribution < -0.4 is 14.8 Å². The molecule has 1 aliphatic rings. The number of benzene rings is 3. The van der Waals surface area contributed by atoms with Gasteiger partial charge in [0.15, 0.2) is 16.7 Å². The van der Waals surface area contributed by atoms with Gasteiger partial charge < -0.3 is 14.8 Å². The molecule has 1 amide bonds. The van der Waals surface area contributed by atoms with Crippen molar-refractivity contribution in [2.45, 2.75) is 13.5 Å². The lowest BCUT2D eigenvalue weighted by atomic mass is 10.1. The van der Waals surface area contributed by atoms with Crippen LogP contribution in [-0.4, -0.2) is 17.7 Å². The van der Waals surface area contributed by atoms with E-state index in [0.29, 0.717) is 60.1 Å². The summed E-state index contributed by atoms with van der Waals surface area (Å²) in [5, 5.41) is 4.05. The first-order valence-corrected chi connectivity index (χ1v) is 12.4. The van der Waals surface area contributed by atoms with Crippen molar-refractivity contribution < 1.29 is 18.7 Å². The Hall–Kier alpha value is -2.71. The molecule has 0 unspecified atom stereocenters. The Labute approximate surface area is 220 Å². The maximum atomic E-state index is 13.5. The van der Waals surface area contributed by atoms with E-state index in [4.69, 9.17) is 44.3 Å². The zero-order valence-electron chi connectivity index (χ0n) is 18.3. The second-order valence-corrected chi connectivity index (χ2v) is 9.46. The fourth-order valence-corrected chi connectivity index (χ4v) is 4.62. The van der Waals surface area contributed by atoms with Gasteiger partial charge in [0.05, 0.1) is 32.3 Å². The van der Waals surface area contributed by atoms with Crippen molar-refractivity contribution in [2.24, 2.45) is 4.99 Å². The Bertz CT molecular complexity index is 1350. The van der Waals surface area contributed by atoms with E-state index in [-0.39, 0.29) is 18.3 Å². The van der Waals surface area contributed by atoms with Gasteiger partial charge in [-0.05, 0) is 72.3 Å². The van der Waals surface area contributed by atoms with Gasteiger partial charge in [-0.3, -0.25) is 4.79 Å². The van der Waals surface area contributed by atoms with E-state index < -0.39 is 0 Å². The molecule has 35 heavy (non-hydrogen) atoms. The number of carbonyl (C=O) groups excluding carboxylic acids is 1. The van der Waals surface area contributed by atoms with Crippen LogP contribution in [0.1, 0.15) is 18.1 Å². The predicted octanol–water partition coefficient (Wildman–Crippen LogP) is 7.66. The number of carbonyl (C=O) groups is 1. The monoisotopic (exact) mass is 550 g/mol. The number of hydrogen-bond donors (Lipinski definition) is 1. The Balaban J connectivity index is 1.57. The van der Waals surface area contributed by atoms with E-state index in [1.807, 2.05) is 6.92 Å².